The molecule has 0 radical (unpaired) electrons. The number of rotatable bonds is 8. The summed E-state index contributed by atoms with van der Waals surface area (Å²) in [6.07, 6.45) is 2.38. The Labute approximate surface area is 230 Å². The van der Waals surface area contributed by atoms with Crippen LogP contribution in [0.1, 0.15) is 35.9 Å². The smallest absolute Gasteiger partial charge is 0.284 e. The van der Waals surface area contributed by atoms with E-state index in [2.05, 4.69) is 15.3 Å². The summed E-state index contributed by atoms with van der Waals surface area (Å²) in [5, 5.41) is 13.8. The molecule has 0 aliphatic heterocycles. The first-order chi connectivity index (χ1) is 19.3. The maximum Gasteiger partial charge on any atom is 0.284 e. The molecule has 40 heavy (non-hydrogen) atoms. The third-order valence-electron chi connectivity index (χ3n) is 6.75. The second-order valence-electron chi connectivity index (χ2n) is 9.37. The number of carbonyl (C=O) groups excluding carboxylic acids is 1. The molecule has 3 aromatic heterocycles. The number of carbonyl (C=O) groups is 1. The number of aromatic nitrogens is 4. The Morgan fingerprint density at radius 2 is 1.75 bits per heavy atom. The van der Waals surface area contributed by atoms with E-state index in [0.717, 1.165) is 10.9 Å². The molecule has 0 aliphatic rings. The van der Waals surface area contributed by atoms with E-state index >= 15 is 0 Å². The topological polar surface area (TPSA) is 120 Å². The number of ether oxygens (including phenoxy) is 2. The van der Waals surface area contributed by atoms with Crippen LogP contribution in [0.15, 0.2) is 83.9 Å². The Hall–Kier alpha value is -4.96. The number of benzene rings is 2. The van der Waals surface area contributed by atoms with Crippen LogP contribution in [0.5, 0.6) is 17.2 Å². The van der Waals surface area contributed by atoms with E-state index in [0.29, 0.717) is 28.6 Å². The van der Waals surface area contributed by atoms with Crippen LogP contribution in [0.3, 0.4) is 0 Å². The molecule has 0 unspecified atom stereocenters. The quantitative estimate of drug-likeness (QED) is 0.288. The van der Waals surface area contributed by atoms with E-state index in [4.69, 9.17) is 9.47 Å². The van der Waals surface area contributed by atoms with Crippen molar-refractivity contribution < 1.29 is 19.4 Å². The van der Waals surface area contributed by atoms with Gasteiger partial charge in [-0.1, -0.05) is 18.2 Å². The number of nitrogens with zero attached hydrogens (tertiary/aromatic N) is 4. The largest absolute Gasteiger partial charge is 0.497 e. The predicted octanol–water partition coefficient (Wildman–Crippen LogP) is 4.89. The fraction of sp³-hybridized carbons (Fsp3) is 0.200. The zero-order valence-electron chi connectivity index (χ0n) is 22.5. The van der Waals surface area contributed by atoms with Gasteiger partial charge in [0, 0.05) is 17.6 Å². The second kappa shape index (κ2) is 11.0. The van der Waals surface area contributed by atoms with Crippen molar-refractivity contribution in [2.24, 2.45) is 0 Å². The van der Waals surface area contributed by atoms with Gasteiger partial charge in [-0.05, 0) is 63.2 Å². The molecule has 2 N–H and O–H groups in total. The summed E-state index contributed by atoms with van der Waals surface area (Å²) in [7, 11) is 1.60. The molecule has 5 rings (SSSR count). The second-order valence-corrected chi connectivity index (χ2v) is 9.37. The lowest BCUT2D eigenvalue weighted by Gasteiger charge is -2.22. The molecular formula is C30H29N5O5. The molecule has 0 aliphatic carbocycles. The Balaban J connectivity index is 1.41. The van der Waals surface area contributed by atoms with Gasteiger partial charge in [-0.2, -0.15) is 0 Å². The first-order valence-corrected chi connectivity index (χ1v) is 12.7. The zero-order chi connectivity index (χ0) is 28.4. The molecule has 0 saturated heterocycles. The number of pyridine rings is 2. The average molecular weight is 540 g/mol. The van der Waals surface area contributed by atoms with Crippen molar-refractivity contribution in [3.63, 3.8) is 0 Å². The molecule has 2 aromatic carbocycles. The summed E-state index contributed by atoms with van der Waals surface area (Å²) < 4.78 is 14.4. The molecule has 0 saturated carbocycles. The summed E-state index contributed by atoms with van der Waals surface area (Å²) in [4.78, 5) is 35.5. The zero-order valence-corrected chi connectivity index (χ0v) is 22.5. The molecule has 0 bridgehead atoms. The standard InChI is InChI=1S/C30H29N5O5/c1-18(20(3)36)34-19(2)28(30(38)35(34)21-8-6-5-7-9-21)29(37)33-27-13-11-23(17-32-27)40-26-14-15-31-25-16-22(39-4)10-12-24(25)26/h5-18,20,36H,1-4H3,(H,32,33,37)/t18-,20-/m1/s1. The molecule has 10 nitrogen and oxygen atoms in total. The van der Waals surface area contributed by atoms with Crippen molar-refractivity contribution >= 4 is 22.6 Å². The van der Waals surface area contributed by atoms with Crippen molar-refractivity contribution in [3.8, 4) is 22.9 Å². The van der Waals surface area contributed by atoms with Gasteiger partial charge in [0.1, 0.15) is 28.6 Å². The van der Waals surface area contributed by atoms with Crippen LogP contribution >= 0.6 is 0 Å². The number of fused-ring (bicyclic) bond motifs is 1. The number of para-hydroxylation sites is 1. The van der Waals surface area contributed by atoms with Gasteiger partial charge in [0.25, 0.3) is 11.5 Å². The Kier molecular flexibility index (Phi) is 7.35. The van der Waals surface area contributed by atoms with Crippen LogP contribution in [0.25, 0.3) is 16.6 Å². The van der Waals surface area contributed by atoms with Gasteiger partial charge in [-0.25, -0.2) is 9.67 Å². The normalized spacial score (nSPS) is 12.6. The minimum atomic E-state index is -0.759. The molecule has 0 spiro atoms. The number of aliphatic hydroxyl groups is 1. The number of methoxy groups -OCH3 is 1. The third kappa shape index (κ3) is 5.04. The van der Waals surface area contributed by atoms with E-state index < -0.39 is 23.6 Å². The number of nitrogens with one attached hydrogen (secondary N) is 1. The Morgan fingerprint density at radius 3 is 2.42 bits per heavy atom. The van der Waals surface area contributed by atoms with E-state index in [9.17, 15) is 14.7 Å². The number of hydrogen-bond donors (Lipinski definition) is 2. The predicted molar refractivity (Wildman–Crippen MR) is 152 cm³/mol. The number of amides is 1. The fourth-order valence-corrected chi connectivity index (χ4v) is 4.53. The monoisotopic (exact) mass is 539 g/mol. The molecule has 0 fully saturated rings. The summed E-state index contributed by atoms with van der Waals surface area (Å²) in [6, 6.07) is 19.1. The highest BCUT2D eigenvalue weighted by Crippen LogP contribution is 2.31. The molecule has 5 aromatic rings. The van der Waals surface area contributed by atoms with Gasteiger partial charge in [-0.3, -0.25) is 19.3 Å². The molecular weight excluding hydrogens is 510 g/mol. The van der Waals surface area contributed by atoms with E-state index in [1.165, 1.54) is 10.9 Å². The molecule has 2 atom stereocenters. The van der Waals surface area contributed by atoms with Gasteiger partial charge < -0.3 is 19.9 Å². The van der Waals surface area contributed by atoms with Crippen LogP contribution in [-0.4, -0.2) is 43.6 Å². The van der Waals surface area contributed by atoms with Crippen LogP contribution in [0.2, 0.25) is 0 Å². The maximum atomic E-state index is 13.5. The van der Waals surface area contributed by atoms with Crippen LogP contribution in [0.4, 0.5) is 5.82 Å². The van der Waals surface area contributed by atoms with E-state index in [1.807, 2.05) is 24.3 Å². The van der Waals surface area contributed by atoms with Crippen molar-refractivity contribution in [1.29, 1.82) is 0 Å². The molecule has 3 heterocycles. The SMILES string of the molecule is COc1ccc2c(Oc3ccc(NC(=O)c4c(C)n([C@H](C)[C@@H](C)O)n(-c5ccccc5)c4=O)nc3)ccnc2c1. The van der Waals surface area contributed by atoms with Crippen LogP contribution < -0.4 is 20.3 Å². The van der Waals surface area contributed by atoms with Crippen LogP contribution in [-0.2, 0) is 0 Å². The molecule has 1 amide bonds. The lowest BCUT2D eigenvalue weighted by molar-refractivity contribution is 0.102. The lowest BCUT2D eigenvalue weighted by atomic mass is 10.2. The summed E-state index contributed by atoms with van der Waals surface area (Å²) >= 11 is 0. The summed E-state index contributed by atoms with van der Waals surface area (Å²) in [6.45, 7) is 5.12. The molecule has 10 heteroatoms. The first kappa shape index (κ1) is 26.6. The highest BCUT2D eigenvalue weighted by atomic mass is 16.5. The first-order valence-electron chi connectivity index (χ1n) is 12.7. The molecule has 204 valence electrons. The number of hydrogen-bond acceptors (Lipinski definition) is 7. The van der Waals surface area contributed by atoms with Gasteiger partial charge >= 0.3 is 0 Å². The van der Waals surface area contributed by atoms with Gasteiger partial charge in [0.2, 0.25) is 0 Å². The highest BCUT2D eigenvalue weighted by molar-refractivity contribution is 6.04. The van der Waals surface area contributed by atoms with Gasteiger partial charge in [0.05, 0.1) is 42.4 Å². The maximum absolute atomic E-state index is 13.5. The van der Waals surface area contributed by atoms with Crippen LogP contribution in [0, 0.1) is 6.92 Å². The fourth-order valence-electron chi connectivity index (χ4n) is 4.53. The van der Waals surface area contributed by atoms with Gasteiger partial charge in [0.15, 0.2) is 0 Å². The lowest BCUT2D eigenvalue weighted by Crippen LogP contribution is -2.29. The summed E-state index contributed by atoms with van der Waals surface area (Å²) in [5.41, 5.74) is 1.22. The van der Waals surface area contributed by atoms with Crippen molar-refractivity contribution in [2.75, 3.05) is 12.4 Å². The average Bonchev–Trinajstić information content (AvgIpc) is 3.23. The van der Waals surface area contributed by atoms with E-state index in [-0.39, 0.29) is 11.4 Å². The van der Waals surface area contributed by atoms with Crippen molar-refractivity contribution in [1.82, 2.24) is 19.3 Å². The Morgan fingerprint density at radius 1 is 1.00 bits per heavy atom. The van der Waals surface area contributed by atoms with E-state index in [1.54, 1.807) is 81.2 Å². The minimum absolute atomic E-state index is 0.0304. The highest BCUT2D eigenvalue weighted by Gasteiger charge is 2.27. The summed E-state index contributed by atoms with van der Waals surface area (Å²) in [5.74, 6) is 1.40. The third-order valence-corrected chi connectivity index (χ3v) is 6.75. The van der Waals surface area contributed by atoms with Crippen molar-refractivity contribution in [3.05, 3.63) is 101 Å². The van der Waals surface area contributed by atoms with Gasteiger partial charge in [-0.15, -0.1) is 0 Å². The van der Waals surface area contributed by atoms with Crippen molar-refractivity contribution in [2.45, 2.75) is 32.9 Å². The number of anilines is 1. The minimum Gasteiger partial charge on any atom is -0.497 e. The number of aliphatic hydroxyl groups excluding tert-OH is 1. The Bertz CT molecular complexity index is 1730.